The Kier molecular flexibility index (Phi) is 2.35. The van der Waals surface area contributed by atoms with E-state index in [0.29, 0.717) is 5.92 Å². The smallest absolute Gasteiger partial charge is 0.243 e. The van der Waals surface area contributed by atoms with Gasteiger partial charge < -0.3 is 5.32 Å². The van der Waals surface area contributed by atoms with E-state index in [0.717, 1.165) is 6.42 Å². The van der Waals surface area contributed by atoms with Gasteiger partial charge in [0, 0.05) is 11.5 Å². The fourth-order valence-electron chi connectivity index (χ4n) is 2.01. The highest BCUT2D eigenvalue weighted by atomic mass is 16.1. The number of hydrogen-bond acceptors (Lipinski definition) is 1. The fraction of sp³-hybridized carbons (Fsp3) is 0.308. The van der Waals surface area contributed by atoms with Gasteiger partial charge >= 0.3 is 0 Å². The normalized spacial score (nSPS) is 28.2. The lowest BCUT2D eigenvalue weighted by atomic mass is 10.1. The van der Waals surface area contributed by atoms with Gasteiger partial charge in [0.25, 0.3) is 0 Å². The van der Waals surface area contributed by atoms with Crippen molar-refractivity contribution >= 4 is 5.91 Å². The first-order valence-corrected chi connectivity index (χ1v) is 5.15. The molecule has 0 unspecified atom stereocenters. The van der Waals surface area contributed by atoms with Crippen molar-refractivity contribution < 1.29 is 4.79 Å². The SMILES string of the molecule is C=CC(=O)N[C@@]1(C)C[C@@H]1c1ccccc1. The van der Waals surface area contributed by atoms with E-state index in [1.54, 1.807) is 0 Å². The van der Waals surface area contributed by atoms with E-state index in [2.05, 4.69) is 31.0 Å². The average molecular weight is 201 g/mol. The summed E-state index contributed by atoms with van der Waals surface area (Å²) in [5.74, 6) is 0.360. The molecule has 0 aromatic heterocycles. The molecule has 15 heavy (non-hydrogen) atoms. The maximum atomic E-state index is 11.2. The van der Waals surface area contributed by atoms with Gasteiger partial charge in [0.15, 0.2) is 0 Å². The van der Waals surface area contributed by atoms with E-state index in [9.17, 15) is 4.79 Å². The van der Waals surface area contributed by atoms with Crippen LogP contribution in [0.15, 0.2) is 43.0 Å². The lowest BCUT2D eigenvalue weighted by Gasteiger charge is -2.12. The number of amides is 1. The molecule has 1 aliphatic carbocycles. The molecule has 1 N–H and O–H groups in total. The van der Waals surface area contributed by atoms with Crippen LogP contribution in [0, 0.1) is 0 Å². The van der Waals surface area contributed by atoms with Gasteiger partial charge in [-0.25, -0.2) is 0 Å². The van der Waals surface area contributed by atoms with Gasteiger partial charge in [0.05, 0.1) is 0 Å². The molecule has 0 saturated heterocycles. The van der Waals surface area contributed by atoms with Crippen LogP contribution in [0.4, 0.5) is 0 Å². The molecular weight excluding hydrogens is 186 g/mol. The number of carbonyl (C=O) groups is 1. The summed E-state index contributed by atoms with van der Waals surface area (Å²) >= 11 is 0. The molecule has 0 radical (unpaired) electrons. The first kappa shape index (κ1) is 9.97. The molecule has 0 bridgehead atoms. The van der Waals surface area contributed by atoms with Crippen LogP contribution < -0.4 is 5.32 Å². The Morgan fingerprint density at radius 1 is 1.53 bits per heavy atom. The van der Waals surface area contributed by atoms with Crippen LogP contribution in [-0.2, 0) is 4.79 Å². The second-order valence-electron chi connectivity index (χ2n) is 4.28. The van der Waals surface area contributed by atoms with Gasteiger partial charge in [0.2, 0.25) is 5.91 Å². The molecule has 1 amide bonds. The summed E-state index contributed by atoms with van der Waals surface area (Å²) in [6.45, 7) is 5.53. The minimum Gasteiger partial charge on any atom is -0.347 e. The van der Waals surface area contributed by atoms with Crippen LogP contribution in [0.5, 0.6) is 0 Å². The summed E-state index contributed by atoms with van der Waals surface area (Å²) in [7, 11) is 0. The molecule has 0 aliphatic heterocycles. The number of carbonyl (C=O) groups excluding carboxylic acids is 1. The second kappa shape index (κ2) is 3.54. The van der Waals surface area contributed by atoms with E-state index < -0.39 is 0 Å². The van der Waals surface area contributed by atoms with Crippen molar-refractivity contribution in [2.45, 2.75) is 24.8 Å². The Labute approximate surface area is 90.0 Å². The van der Waals surface area contributed by atoms with Crippen LogP contribution in [0.25, 0.3) is 0 Å². The highest BCUT2D eigenvalue weighted by Crippen LogP contribution is 2.50. The Morgan fingerprint density at radius 2 is 2.20 bits per heavy atom. The summed E-state index contributed by atoms with van der Waals surface area (Å²) in [4.78, 5) is 11.2. The molecule has 0 spiro atoms. The molecule has 2 heteroatoms. The monoisotopic (exact) mass is 201 g/mol. The standard InChI is InChI=1S/C13H15NO/c1-3-12(15)14-13(2)9-11(13)10-7-5-4-6-8-10/h3-8,11H,1,9H2,2H3,(H,14,15)/t11-,13+/m1/s1. The highest BCUT2D eigenvalue weighted by Gasteiger charge is 2.51. The van der Waals surface area contributed by atoms with Crippen molar-refractivity contribution in [1.29, 1.82) is 0 Å². The third-order valence-corrected chi connectivity index (χ3v) is 3.03. The van der Waals surface area contributed by atoms with Gasteiger partial charge in [-0.05, 0) is 25.0 Å². The van der Waals surface area contributed by atoms with Crippen LogP contribution in [0.1, 0.15) is 24.8 Å². The molecule has 2 nitrogen and oxygen atoms in total. The quantitative estimate of drug-likeness (QED) is 0.746. The van der Waals surface area contributed by atoms with Crippen molar-refractivity contribution in [2.24, 2.45) is 0 Å². The highest BCUT2D eigenvalue weighted by molar-refractivity contribution is 5.88. The predicted molar refractivity (Wildman–Crippen MR) is 60.5 cm³/mol. The van der Waals surface area contributed by atoms with Crippen molar-refractivity contribution in [3.05, 3.63) is 48.6 Å². The van der Waals surface area contributed by atoms with Crippen LogP contribution >= 0.6 is 0 Å². The molecular formula is C13H15NO. The Morgan fingerprint density at radius 3 is 2.80 bits per heavy atom. The van der Waals surface area contributed by atoms with Gasteiger partial charge in [0.1, 0.15) is 0 Å². The van der Waals surface area contributed by atoms with Gasteiger partial charge in [-0.15, -0.1) is 0 Å². The van der Waals surface area contributed by atoms with Gasteiger partial charge in [-0.2, -0.15) is 0 Å². The summed E-state index contributed by atoms with van der Waals surface area (Å²) in [5.41, 5.74) is 1.22. The van der Waals surface area contributed by atoms with Crippen molar-refractivity contribution in [2.75, 3.05) is 0 Å². The number of nitrogens with one attached hydrogen (secondary N) is 1. The fourth-order valence-corrected chi connectivity index (χ4v) is 2.01. The van der Waals surface area contributed by atoms with E-state index in [1.807, 2.05) is 18.2 Å². The van der Waals surface area contributed by atoms with E-state index in [4.69, 9.17) is 0 Å². The average Bonchev–Trinajstić information content (AvgIpc) is 2.91. The molecule has 2 atom stereocenters. The number of hydrogen-bond donors (Lipinski definition) is 1. The van der Waals surface area contributed by atoms with E-state index >= 15 is 0 Å². The summed E-state index contributed by atoms with van der Waals surface area (Å²) in [6.07, 6.45) is 2.34. The summed E-state index contributed by atoms with van der Waals surface area (Å²) in [6, 6.07) is 10.3. The van der Waals surface area contributed by atoms with Crippen LogP contribution in [0.3, 0.4) is 0 Å². The van der Waals surface area contributed by atoms with Crippen LogP contribution in [0.2, 0.25) is 0 Å². The molecule has 2 rings (SSSR count). The predicted octanol–water partition coefficient (Wildman–Crippen LogP) is 2.23. The molecule has 1 fully saturated rings. The zero-order chi connectivity index (χ0) is 10.9. The Balaban J connectivity index is 2.06. The Bertz CT molecular complexity index is 385. The number of rotatable bonds is 3. The van der Waals surface area contributed by atoms with Crippen molar-refractivity contribution in [1.82, 2.24) is 5.32 Å². The minimum absolute atomic E-state index is 0.0768. The third kappa shape index (κ3) is 1.94. The van der Waals surface area contributed by atoms with E-state index in [-0.39, 0.29) is 11.4 Å². The zero-order valence-electron chi connectivity index (χ0n) is 8.86. The molecule has 1 aliphatic rings. The maximum Gasteiger partial charge on any atom is 0.243 e. The number of benzene rings is 1. The third-order valence-electron chi connectivity index (χ3n) is 3.03. The van der Waals surface area contributed by atoms with Crippen molar-refractivity contribution in [3.8, 4) is 0 Å². The molecule has 1 aromatic carbocycles. The summed E-state index contributed by atoms with van der Waals surface area (Å²) in [5, 5.41) is 2.97. The van der Waals surface area contributed by atoms with E-state index in [1.165, 1.54) is 11.6 Å². The topological polar surface area (TPSA) is 29.1 Å². The lowest BCUT2D eigenvalue weighted by molar-refractivity contribution is -0.117. The molecule has 1 aromatic rings. The first-order chi connectivity index (χ1) is 7.15. The molecule has 0 heterocycles. The maximum absolute atomic E-state index is 11.2. The van der Waals surface area contributed by atoms with Gasteiger partial charge in [-0.1, -0.05) is 36.9 Å². The first-order valence-electron chi connectivity index (χ1n) is 5.15. The van der Waals surface area contributed by atoms with Crippen molar-refractivity contribution in [3.63, 3.8) is 0 Å². The Hall–Kier alpha value is -1.57. The second-order valence-corrected chi connectivity index (χ2v) is 4.28. The molecule has 1 saturated carbocycles. The largest absolute Gasteiger partial charge is 0.347 e. The molecule has 78 valence electrons. The zero-order valence-corrected chi connectivity index (χ0v) is 8.86. The van der Waals surface area contributed by atoms with Gasteiger partial charge in [-0.3, -0.25) is 4.79 Å². The minimum atomic E-state index is -0.0871. The lowest BCUT2D eigenvalue weighted by Crippen LogP contribution is -2.34. The summed E-state index contributed by atoms with van der Waals surface area (Å²) < 4.78 is 0. The van der Waals surface area contributed by atoms with Crippen LogP contribution in [-0.4, -0.2) is 11.4 Å².